The number of amides is 1. The number of benzene rings is 1. The first-order valence-electron chi connectivity index (χ1n) is 6.67. The monoisotopic (exact) mass is 339 g/mol. The van der Waals surface area contributed by atoms with E-state index in [1.54, 1.807) is 29.6 Å². The van der Waals surface area contributed by atoms with Gasteiger partial charge in [-0.1, -0.05) is 31.5 Å². The maximum atomic E-state index is 11.7. The van der Waals surface area contributed by atoms with Crippen molar-refractivity contribution < 1.29 is 18.3 Å². The minimum absolute atomic E-state index is 0.308. The van der Waals surface area contributed by atoms with Crippen molar-refractivity contribution in [1.29, 1.82) is 0 Å². The molecule has 0 bridgehead atoms. The molecule has 2 rings (SSSR count). The molecule has 1 N–H and O–H groups in total. The molecule has 2 unspecified atom stereocenters. The summed E-state index contributed by atoms with van der Waals surface area (Å²) < 4.78 is 27.5. The van der Waals surface area contributed by atoms with Crippen molar-refractivity contribution in [2.45, 2.75) is 25.0 Å². The minimum atomic E-state index is -2.23. The lowest BCUT2D eigenvalue weighted by Gasteiger charge is -2.16. The zero-order valence-corrected chi connectivity index (χ0v) is 13.5. The summed E-state index contributed by atoms with van der Waals surface area (Å²) >= 11 is -1.07. The van der Waals surface area contributed by atoms with E-state index >= 15 is 0 Å². The van der Waals surface area contributed by atoms with Gasteiger partial charge in [-0.3, -0.25) is 9.53 Å². The number of nitrogens with zero attached hydrogens (tertiary/aromatic N) is 1. The van der Waals surface area contributed by atoms with Crippen LogP contribution >= 0.6 is 11.3 Å². The highest BCUT2D eigenvalue weighted by atomic mass is 32.2. The number of thiazole rings is 1. The molecule has 0 saturated carbocycles. The van der Waals surface area contributed by atoms with Crippen LogP contribution in [0.2, 0.25) is 0 Å². The number of para-hydroxylation sites is 1. The van der Waals surface area contributed by atoms with E-state index in [-0.39, 0.29) is 0 Å². The third-order valence-electron chi connectivity index (χ3n) is 2.80. The van der Waals surface area contributed by atoms with Crippen LogP contribution in [0.1, 0.15) is 30.7 Å². The van der Waals surface area contributed by atoms with Crippen molar-refractivity contribution >= 4 is 33.6 Å². The molecule has 1 amide bonds. The highest BCUT2D eigenvalue weighted by molar-refractivity contribution is 7.79. The Labute approximate surface area is 134 Å². The summed E-state index contributed by atoms with van der Waals surface area (Å²) in [4.78, 5) is 15.9. The molecule has 1 aromatic heterocycles. The van der Waals surface area contributed by atoms with Gasteiger partial charge in [0.1, 0.15) is 5.75 Å². The van der Waals surface area contributed by atoms with Crippen molar-refractivity contribution in [3.05, 3.63) is 41.4 Å². The smallest absolute Gasteiger partial charge is 0.418 e. The topological polar surface area (TPSA) is 91.3 Å². The lowest BCUT2D eigenvalue weighted by molar-refractivity contribution is 0.215. The number of aromatic nitrogens is 1. The maximum Gasteiger partial charge on any atom is 0.418 e. The van der Waals surface area contributed by atoms with Gasteiger partial charge in [-0.2, -0.15) is 0 Å². The molecule has 0 aliphatic carbocycles. The first kappa shape index (κ1) is 16.6. The Hall–Kier alpha value is -1.77. The molecule has 118 valence electrons. The number of anilines is 1. The summed E-state index contributed by atoms with van der Waals surface area (Å²) in [6.07, 6.45) is 0.560. The van der Waals surface area contributed by atoms with Gasteiger partial charge in [0.25, 0.3) is 0 Å². The number of nitrogens with one attached hydrogen (secondary N) is 1. The fourth-order valence-corrected chi connectivity index (χ4v) is 3.39. The standard InChI is InChI=1S/C14H16N2O4S2/c1-2-6-12(22(18)19)11-9-21-13(15-11)16-14(17)20-10-7-4-3-5-8-10/h3-5,7-9,12H,2,6H2,1H3,(H,18,19)(H,15,16,17)/p-1. The molecule has 0 spiro atoms. The van der Waals surface area contributed by atoms with Crippen molar-refractivity contribution in [3.63, 3.8) is 0 Å². The lowest BCUT2D eigenvalue weighted by Crippen LogP contribution is -2.16. The number of carbonyl (C=O) groups excluding carboxylic acids is 1. The summed E-state index contributed by atoms with van der Waals surface area (Å²) in [6, 6.07) is 8.64. The van der Waals surface area contributed by atoms with Crippen LogP contribution < -0.4 is 10.1 Å². The van der Waals surface area contributed by atoms with Gasteiger partial charge in [0.15, 0.2) is 5.13 Å². The SMILES string of the molecule is CCCC(c1csc(NC(=O)Oc2ccccc2)n1)S(=O)[O-]. The first-order valence-corrected chi connectivity index (χ1v) is 8.69. The Morgan fingerprint density at radius 1 is 1.45 bits per heavy atom. The Balaban J connectivity index is 1.99. The zero-order chi connectivity index (χ0) is 15.9. The third kappa shape index (κ3) is 4.62. The molecule has 0 aliphatic heterocycles. The number of ether oxygens (including phenoxy) is 1. The van der Waals surface area contributed by atoms with E-state index in [2.05, 4.69) is 10.3 Å². The van der Waals surface area contributed by atoms with Crippen LogP contribution in [-0.4, -0.2) is 19.8 Å². The minimum Gasteiger partial charge on any atom is -0.772 e. The van der Waals surface area contributed by atoms with Gasteiger partial charge in [-0.25, -0.2) is 9.78 Å². The van der Waals surface area contributed by atoms with Crippen LogP contribution in [0, 0.1) is 0 Å². The van der Waals surface area contributed by atoms with Gasteiger partial charge in [-0.15, -0.1) is 11.3 Å². The number of hydrogen-bond acceptors (Lipinski definition) is 6. The van der Waals surface area contributed by atoms with Crippen LogP contribution in [0.3, 0.4) is 0 Å². The summed E-state index contributed by atoms with van der Waals surface area (Å²) in [6.45, 7) is 1.91. The maximum absolute atomic E-state index is 11.7. The molecule has 0 radical (unpaired) electrons. The van der Waals surface area contributed by atoms with Crippen molar-refractivity contribution in [1.82, 2.24) is 4.98 Å². The highest BCUT2D eigenvalue weighted by Crippen LogP contribution is 2.27. The fourth-order valence-electron chi connectivity index (χ4n) is 1.80. The molecular formula is C14H15N2O4S2-. The van der Waals surface area contributed by atoms with Crippen molar-refractivity contribution in [3.8, 4) is 5.75 Å². The number of rotatable bonds is 6. The van der Waals surface area contributed by atoms with E-state index in [0.29, 0.717) is 23.0 Å². The molecule has 6 nitrogen and oxygen atoms in total. The van der Waals surface area contributed by atoms with Crippen LogP contribution in [0.15, 0.2) is 35.7 Å². The van der Waals surface area contributed by atoms with Crippen LogP contribution in [0.25, 0.3) is 0 Å². The van der Waals surface area contributed by atoms with Gasteiger partial charge < -0.3 is 9.29 Å². The Morgan fingerprint density at radius 3 is 2.82 bits per heavy atom. The molecule has 0 fully saturated rings. The second-order valence-electron chi connectivity index (χ2n) is 4.44. The van der Waals surface area contributed by atoms with Gasteiger partial charge in [0, 0.05) is 5.38 Å². The average Bonchev–Trinajstić information content (AvgIpc) is 2.93. The molecule has 22 heavy (non-hydrogen) atoms. The molecule has 8 heteroatoms. The van der Waals surface area contributed by atoms with Crippen LogP contribution in [0.4, 0.5) is 9.93 Å². The van der Waals surface area contributed by atoms with Gasteiger partial charge in [0.2, 0.25) is 0 Å². The van der Waals surface area contributed by atoms with Gasteiger partial charge in [0.05, 0.1) is 10.9 Å². The first-order chi connectivity index (χ1) is 10.6. The summed E-state index contributed by atoms with van der Waals surface area (Å²) in [5, 5.41) is 3.78. The summed E-state index contributed by atoms with van der Waals surface area (Å²) in [5.74, 6) is 0.418. The highest BCUT2D eigenvalue weighted by Gasteiger charge is 2.16. The largest absolute Gasteiger partial charge is 0.772 e. The second kappa shape index (κ2) is 8.02. The molecular weight excluding hydrogens is 324 g/mol. The Bertz CT molecular complexity index is 645. The average molecular weight is 339 g/mol. The van der Waals surface area contributed by atoms with Gasteiger partial charge >= 0.3 is 6.09 Å². The van der Waals surface area contributed by atoms with Crippen LogP contribution in [-0.2, 0) is 11.1 Å². The summed E-state index contributed by atoms with van der Waals surface area (Å²) in [7, 11) is 0. The molecule has 1 heterocycles. The number of carbonyl (C=O) groups is 1. The molecule has 2 aromatic rings. The van der Waals surface area contributed by atoms with Crippen LogP contribution in [0.5, 0.6) is 5.75 Å². The van der Waals surface area contributed by atoms with E-state index < -0.39 is 22.4 Å². The Morgan fingerprint density at radius 2 is 2.18 bits per heavy atom. The van der Waals surface area contributed by atoms with E-state index in [0.717, 1.165) is 17.8 Å². The Kier molecular flexibility index (Phi) is 6.05. The van der Waals surface area contributed by atoms with Crippen molar-refractivity contribution in [2.75, 3.05) is 5.32 Å². The lowest BCUT2D eigenvalue weighted by atomic mass is 10.2. The van der Waals surface area contributed by atoms with Gasteiger partial charge in [-0.05, 0) is 29.6 Å². The molecule has 0 aliphatic rings. The molecule has 2 atom stereocenters. The zero-order valence-electron chi connectivity index (χ0n) is 11.9. The van der Waals surface area contributed by atoms with E-state index in [1.165, 1.54) is 0 Å². The third-order valence-corrected chi connectivity index (χ3v) is 4.52. The predicted octanol–water partition coefficient (Wildman–Crippen LogP) is 3.47. The quantitative estimate of drug-likeness (QED) is 0.814. The normalized spacial score (nSPS) is 13.4. The molecule has 1 aromatic carbocycles. The van der Waals surface area contributed by atoms with E-state index in [4.69, 9.17) is 4.74 Å². The fraction of sp³-hybridized carbons (Fsp3) is 0.286. The number of hydrogen-bond donors (Lipinski definition) is 1. The second-order valence-corrected chi connectivity index (χ2v) is 6.39. The predicted molar refractivity (Wildman–Crippen MR) is 84.8 cm³/mol. The van der Waals surface area contributed by atoms with E-state index in [9.17, 15) is 13.6 Å². The molecule has 0 saturated heterocycles. The van der Waals surface area contributed by atoms with Crippen molar-refractivity contribution in [2.24, 2.45) is 0 Å². The summed E-state index contributed by atoms with van der Waals surface area (Å²) in [5.41, 5.74) is 0.440. The van der Waals surface area contributed by atoms with E-state index in [1.807, 2.05) is 13.0 Å².